The van der Waals surface area contributed by atoms with Gasteiger partial charge < -0.3 is 33.6 Å². The number of piperidine rings is 1. The first kappa shape index (κ1) is 52.1. The molecule has 0 radical (unpaired) electrons. The number of rotatable bonds is 13. The number of fused-ring (bicyclic) bond motifs is 9. The molecule has 394 valence electrons. The number of nitrogens with zero attached hydrogens (tertiary/aromatic N) is 3. The highest BCUT2D eigenvalue weighted by Crippen LogP contribution is 2.60. The van der Waals surface area contributed by atoms with E-state index < -0.39 is 17.5 Å². The summed E-state index contributed by atoms with van der Waals surface area (Å²) < 4.78 is 25.6. The van der Waals surface area contributed by atoms with Crippen molar-refractivity contribution in [1.29, 1.82) is 0 Å². The number of piperazine rings is 1. The van der Waals surface area contributed by atoms with Crippen LogP contribution in [0.3, 0.4) is 0 Å². The van der Waals surface area contributed by atoms with Gasteiger partial charge in [0.25, 0.3) is 0 Å². The van der Waals surface area contributed by atoms with E-state index in [1.807, 2.05) is 4.90 Å². The second kappa shape index (κ2) is 20.6. The Kier molecular flexibility index (Phi) is 14.3. The molecule has 3 heterocycles. The first-order chi connectivity index (χ1) is 35.8. The van der Waals surface area contributed by atoms with E-state index in [2.05, 4.69) is 169 Å². The molecule has 2 saturated heterocycles. The fraction of sp³-hybridized carbons (Fsp3) is 0.462. The third-order valence-electron chi connectivity index (χ3n) is 17.0. The maximum Gasteiger partial charge on any atom is 0.333 e. The average molecular weight is 1010 g/mol. The van der Waals surface area contributed by atoms with Gasteiger partial charge in [0.2, 0.25) is 5.91 Å². The van der Waals surface area contributed by atoms with Gasteiger partial charge in [-0.2, -0.15) is 0 Å². The van der Waals surface area contributed by atoms with Gasteiger partial charge in [0.15, 0.2) is 5.60 Å². The summed E-state index contributed by atoms with van der Waals surface area (Å²) in [5.74, 6) is 1.80. The van der Waals surface area contributed by atoms with Gasteiger partial charge in [0.05, 0.1) is 18.2 Å². The van der Waals surface area contributed by atoms with Crippen molar-refractivity contribution in [2.24, 2.45) is 11.8 Å². The van der Waals surface area contributed by atoms with Crippen LogP contribution in [0.1, 0.15) is 132 Å². The number of aryl methyl sites for hydroxylation is 1. The Morgan fingerprint density at radius 1 is 0.827 bits per heavy atom. The van der Waals surface area contributed by atoms with Gasteiger partial charge in [0, 0.05) is 71.7 Å². The lowest BCUT2D eigenvalue weighted by Crippen LogP contribution is -2.60. The van der Waals surface area contributed by atoms with Crippen LogP contribution in [0.2, 0.25) is 0 Å². The zero-order valence-corrected chi connectivity index (χ0v) is 45.9. The van der Waals surface area contributed by atoms with Gasteiger partial charge in [-0.05, 0) is 109 Å². The topological polar surface area (TPSA) is 97.8 Å². The van der Waals surface area contributed by atoms with Gasteiger partial charge in [0.1, 0.15) is 31.3 Å². The van der Waals surface area contributed by atoms with Crippen molar-refractivity contribution in [2.45, 2.75) is 129 Å². The van der Waals surface area contributed by atoms with Crippen LogP contribution < -0.4 is 14.4 Å². The second-order valence-electron chi connectivity index (χ2n) is 23.9. The molecule has 0 N–H and O–H groups in total. The van der Waals surface area contributed by atoms with Crippen molar-refractivity contribution in [3.63, 3.8) is 0 Å². The monoisotopic (exact) mass is 1010 g/mol. The van der Waals surface area contributed by atoms with Crippen molar-refractivity contribution in [3.05, 3.63) is 142 Å². The molecule has 5 aliphatic rings. The second-order valence-corrected chi connectivity index (χ2v) is 23.9. The highest BCUT2D eigenvalue weighted by Gasteiger charge is 2.46. The fourth-order valence-electron chi connectivity index (χ4n) is 13.1. The predicted molar refractivity (Wildman–Crippen MR) is 300 cm³/mol. The van der Waals surface area contributed by atoms with Crippen LogP contribution in [-0.2, 0) is 40.3 Å². The van der Waals surface area contributed by atoms with Gasteiger partial charge in [-0.25, -0.2) is 4.79 Å². The number of hydrogen-bond donors (Lipinski definition) is 0. The molecule has 5 unspecified atom stereocenters. The summed E-state index contributed by atoms with van der Waals surface area (Å²) >= 11 is 0. The lowest BCUT2D eigenvalue weighted by atomic mass is 9.75. The Bertz CT molecular complexity index is 3040. The number of amides is 1. The normalized spacial score (nSPS) is 22.8. The highest BCUT2D eigenvalue weighted by molar-refractivity contribution is 6.10. The van der Waals surface area contributed by atoms with Crippen LogP contribution in [0.4, 0.5) is 5.69 Å². The van der Waals surface area contributed by atoms with Crippen LogP contribution in [0.25, 0.3) is 28.0 Å². The predicted octanol–water partition coefficient (Wildman–Crippen LogP) is 12.5. The average Bonchev–Trinajstić information content (AvgIpc) is 3.80. The molecular weight excluding hydrogens is 935 g/mol. The minimum Gasteiger partial charge on any atom is -0.489 e. The minimum atomic E-state index is -0.922. The smallest absolute Gasteiger partial charge is 0.333 e. The summed E-state index contributed by atoms with van der Waals surface area (Å²) in [6.45, 7) is 24.3. The number of carbonyl (C=O) groups excluding carboxylic acids is 3. The summed E-state index contributed by atoms with van der Waals surface area (Å²) in [7, 11) is 2.09. The van der Waals surface area contributed by atoms with E-state index in [-0.39, 0.29) is 67.1 Å². The summed E-state index contributed by atoms with van der Waals surface area (Å²) in [4.78, 5) is 45.8. The van der Waals surface area contributed by atoms with Gasteiger partial charge in [-0.3, -0.25) is 9.59 Å². The molecular formula is C65H77N3O7. The van der Waals surface area contributed by atoms with Crippen LogP contribution in [0.5, 0.6) is 11.5 Å². The molecule has 10 rings (SSSR count). The molecule has 1 saturated carbocycles. The summed E-state index contributed by atoms with van der Waals surface area (Å²) in [5.41, 5.74) is 10.9. The van der Waals surface area contributed by atoms with Gasteiger partial charge in [-0.15, -0.1) is 0 Å². The maximum absolute atomic E-state index is 14.3. The van der Waals surface area contributed by atoms with E-state index in [0.29, 0.717) is 19.0 Å². The van der Waals surface area contributed by atoms with E-state index in [4.69, 9.17) is 18.9 Å². The van der Waals surface area contributed by atoms with Crippen molar-refractivity contribution >= 4 is 40.4 Å². The number of benzene rings is 5. The standard InChI is InChI=1S/C65H77N3O7/c1-41(2)62(71)73-33-32-72-58(70)27-26-57(69)68-43(4)37-66(10)39-49(68)40-74-56-36-53-52(35-55(56)67-31-29-44-16-14-15-17-45(44)38-67)59-50-25-24-48(63(5,6)7)34-54(50)64(8,9)60(59)51-28-30-65(75-61(51)53,46-18-12-11-13-19-46)47-22-20-42(3)21-23-47/h11-13,18-25,28,30,34-36,43-45,49H,1,14-17,26-27,29,31-33,37-40H2,2-10H3. The zero-order chi connectivity index (χ0) is 53.0. The van der Waals surface area contributed by atoms with Crippen molar-refractivity contribution in [1.82, 2.24) is 9.80 Å². The Balaban J connectivity index is 1.09. The third-order valence-corrected chi connectivity index (χ3v) is 17.0. The molecule has 10 heteroatoms. The first-order valence-corrected chi connectivity index (χ1v) is 27.5. The van der Waals surface area contributed by atoms with Crippen LogP contribution in [0.15, 0.2) is 103 Å². The molecule has 10 nitrogen and oxygen atoms in total. The lowest BCUT2D eigenvalue weighted by molar-refractivity contribution is -0.152. The van der Waals surface area contributed by atoms with E-state index >= 15 is 0 Å². The number of esters is 2. The van der Waals surface area contributed by atoms with E-state index in [0.717, 1.165) is 70.1 Å². The molecule has 5 atom stereocenters. The molecule has 2 aliphatic carbocycles. The van der Waals surface area contributed by atoms with E-state index in [1.165, 1.54) is 59.1 Å². The fourth-order valence-corrected chi connectivity index (χ4v) is 13.1. The maximum atomic E-state index is 14.3. The lowest BCUT2D eigenvalue weighted by Gasteiger charge is -2.45. The van der Waals surface area contributed by atoms with Crippen LogP contribution in [0, 0.1) is 18.8 Å². The molecule has 0 aromatic heterocycles. The number of anilines is 1. The Morgan fingerprint density at radius 2 is 1.55 bits per heavy atom. The van der Waals surface area contributed by atoms with Crippen LogP contribution in [-0.4, -0.2) is 92.8 Å². The first-order valence-electron chi connectivity index (χ1n) is 27.5. The van der Waals surface area contributed by atoms with Gasteiger partial charge >= 0.3 is 11.9 Å². The zero-order valence-electron chi connectivity index (χ0n) is 45.9. The van der Waals surface area contributed by atoms with E-state index in [1.54, 1.807) is 6.92 Å². The molecule has 5 aromatic carbocycles. The Morgan fingerprint density at radius 3 is 2.28 bits per heavy atom. The summed E-state index contributed by atoms with van der Waals surface area (Å²) in [6, 6.07) is 30.8. The van der Waals surface area contributed by atoms with Crippen molar-refractivity contribution in [3.8, 4) is 22.6 Å². The molecule has 3 fully saturated rings. The summed E-state index contributed by atoms with van der Waals surface area (Å²) in [6.07, 6.45) is 10.8. The van der Waals surface area contributed by atoms with E-state index in [9.17, 15) is 14.4 Å². The Hall–Kier alpha value is -6.39. The third kappa shape index (κ3) is 10.00. The SMILES string of the molecule is C=C(C)C(=O)OCCOC(=O)CCC(=O)N1C(C)CN(C)CC1COc1cc2c3c(c4c(c2cc1N1CCC2CCCCC2C1)-c1ccc(C(C)(C)C)cc1C4(C)C)C=CC(c1ccccc1)(c1ccc(C)cc1)O3. The molecule has 1 amide bonds. The minimum absolute atomic E-state index is 0.00613. The number of carbonyl (C=O) groups is 3. The largest absolute Gasteiger partial charge is 0.489 e. The molecule has 0 bridgehead atoms. The quantitative estimate of drug-likeness (QED) is 0.0649. The summed E-state index contributed by atoms with van der Waals surface area (Å²) in [5, 5.41) is 2.14. The van der Waals surface area contributed by atoms with Crippen LogP contribution >= 0.6 is 0 Å². The molecule has 3 aliphatic heterocycles. The Labute approximate surface area is 445 Å². The highest BCUT2D eigenvalue weighted by atomic mass is 16.6. The molecule has 0 spiro atoms. The number of hydrogen-bond acceptors (Lipinski definition) is 9. The van der Waals surface area contributed by atoms with Crippen molar-refractivity contribution < 1.29 is 33.3 Å². The molecule has 75 heavy (non-hydrogen) atoms. The number of likely N-dealkylation sites (N-methyl/N-ethyl adjacent to an activating group) is 1. The molecule has 5 aromatic rings. The van der Waals surface area contributed by atoms with Crippen molar-refractivity contribution in [2.75, 3.05) is 57.9 Å². The van der Waals surface area contributed by atoms with Gasteiger partial charge in [-0.1, -0.05) is 145 Å². The number of ether oxygens (including phenoxy) is 4.